The number of hydrogen-bond acceptors (Lipinski definition) is 6. The van der Waals surface area contributed by atoms with Crippen molar-refractivity contribution >= 4 is 34.7 Å². The number of hydrogen-bond donors (Lipinski definition) is 3. The summed E-state index contributed by atoms with van der Waals surface area (Å²) < 4.78 is 39.8. The summed E-state index contributed by atoms with van der Waals surface area (Å²) in [6.07, 6.45) is 2.21. The van der Waals surface area contributed by atoms with Gasteiger partial charge in [0.2, 0.25) is 17.6 Å². The predicted molar refractivity (Wildman–Crippen MR) is 136 cm³/mol. The molecule has 1 aromatic heterocycles. The van der Waals surface area contributed by atoms with Gasteiger partial charge in [-0.15, -0.1) is 0 Å². The molecule has 1 fully saturated rings. The average molecular weight is 514 g/mol. The number of rotatable bonds is 6. The van der Waals surface area contributed by atoms with Gasteiger partial charge in [-0.1, -0.05) is 12.1 Å². The minimum atomic E-state index is -1.27. The van der Waals surface area contributed by atoms with Gasteiger partial charge in [0.15, 0.2) is 28.9 Å². The predicted octanol–water partition coefficient (Wildman–Crippen LogP) is 6.36. The lowest BCUT2D eigenvalue weighted by atomic mass is 10.0. The zero-order valence-corrected chi connectivity index (χ0v) is 19.8. The van der Waals surface area contributed by atoms with E-state index in [1.165, 1.54) is 42.6 Å². The minimum Gasteiger partial charge on any atom is -0.450 e. The number of nitrogens with one attached hydrogen (secondary N) is 3. The molecule has 0 unspecified atom stereocenters. The van der Waals surface area contributed by atoms with E-state index >= 15 is 0 Å². The van der Waals surface area contributed by atoms with Crippen molar-refractivity contribution in [1.82, 2.24) is 4.98 Å². The number of anilines is 4. The summed E-state index contributed by atoms with van der Waals surface area (Å²) in [5, 5.41) is 8.40. The van der Waals surface area contributed by atoms with Gasteiger partial charge < -0.3 is 25.4 Å². The Morgan fingerprint density at radius 1 is 0.895 bits per heavy atom. The quantitative estimate of drug-likeness (QED) is 0.228. The van der Waals surface area contributed by atoms with Crippen LogP contribution in [0.1, 0.15) is 12.8 Å². The second kappa shape index (κ2) is 9.15. The number of ether oxygens (including phenoxy) is 2. The van der Waals surface area contributed by atoms with E-state index in [0.717, 1.165) is 11.8 Å². The number of fused-ring (bicyclic) bond motifs is 2. The lowest BCUT2D eigenvalue weighted by Gasteiger charge is -2.22. The fourth-order valence-electron chi connectivity index (χ4n) is 4.09. The zero-order chi connectivity index (χ0) is 26.3. The molecule has 3 N–H and O–H groups in total. The van der Waals surface area contributed by atoms with Crippen LogP contribution in [0.15, 0.2) is 79.0 Å². The first kappa shape index (κ1) is 23.4. The third kappa shape index (κ3) is 4.36. The molecule has 1 aliphatic heterocycles. The van der Waals surface area contributed by atoms with Crippen molar-refractivity contribution in [3.05, 3.63) is 90.6 Å². The van der Waals surface area contributed by atoms with Gasteiger partial charge in [0.05, 0.1) is 5.69 Å². The number of halogens is 2. The molecular weight excluding hydrogens is 494 g/mol. The summed E-state index contributed by atoms with van der Waals surface area (Å²) in [4.78, 5) is 29.9. The maximum atomic E-state index is 15.0. The summed E-state index contributed by atoms with van der Waals surface area (Å²) in [5.41, 5.74) is 0.0283. The molecule has 0 saturated heterocycles. The molecule has 6 rings (SSSR count). The van der Waals surface area contributed by atoms with Crippen molar-refractivity contribution in [3.8, 4) is 23.0 Å². The molecule has 0 bridgehead atoms. The number of amides is 2. The Labute approximate surface area is 215 Å². The van der Waals surface area contributed by atoms with Crippen LogP contribution in [0.3, 0.4) is 0 Å². The Morgan fingerprint density at radius 3 is 2.34 bits per heavy atom. The first-order valence-electron chi connectivity index (χ1n) is 11.8. The molecule has 190 valence electrons. The third-order valence-corrected chi connectivity index (χ3v) is 6.35. The van der Waals surface area contributed by atoms with Crippen LogP contribution in [-0.2, 0) is 9.59 Å². The molecule has 2 heterocycles. The first-order valence-corrected chi connectivity index (χ1v) is 11.8. The number of benzene rings is 3. The molecular formula is C28H20F2N4O4. The SMILES string of the molecule is O=C(Nc1ccc(F)cc1)C1(C(=O)Nc2ccc(Oc3ccnc4c3Oc3ccccc3N4)c(F)c2)CC1. The monoisotopic (exact) mass is 514 g/mol. The van der Waals surface area contributed by atoms with Crippen LogP contribution < -0.4 is 25.4 Å². The molecule has 4 aromatic rings. The second-order valence-electron chi connectivity index (χ2n) is 8.95. The van der Waals surface area contributed by atoms with E-state index in [0.29, 0.717) is 35.8 Å². The Morgan fingerprint density at radius 2 is 1.61 bits per heavy atom. The number of carbonyl (C=O) groups is 2. The molecule has 8 nitrogen and oxygen atoms in total. The fraction of sp³-hybridized carbons (Fsp3) is 0.107. The first-order chi connectivity index (χ1) is 18.4. The van der Waals surface area contributed by atoms with E-state index in [1.807, 2.05) is 18.2 Å². The van der Waals surface area contributed by atoms with E-state index in [-0.39, 0.29) is 17.2 Å². The Kier molecular flexibility index (Phi) is 5.64. The summed E-state index contributed by atoms with van der Waals surface area (Å²) in [6, 6.07) is 18.1. The Balaban J connectivity index is 1.15. The molecule has 0 spiro atoms. The largest absolute Gasteiger partial charge is 0.450 e. The highest BCUT2D eigenvalue weighted by molar-refractivity contribution is 6.16. The molecule has 3 aromatic carbocycles. The van der Waals surface area contributed by atoms with Crippen molar-refractivity contribution in [3.63, 3.8) is 0 Å². The number of nitrogens with zero attached hydrogens (tertiary/aromatic N) is 1. The van der Waals surface area contributed by atoms with Crippen LogP contribution in [0.25, 0.3) is 0 Å². The highest BCUT2D eigenvalue weighted by atomic mass is 19.1. The Bertz CT molecular complexity index is 1570. The third-order valence-electron chi connectivity index (χ3n) is 6.35. The highest BCUT2D eigenvalue weighted by Gasteiger charge is 2.56. The van der Waals surface area contributed by atoms with Gasteiger partial charge >= 0.3 is 0 Å². The lowest BCUT2D eigenvalue weighted by Crippen LogP contribution is -2.35. The van der Waals surface area contributed by atoms with Crippen molar-refractivity contribution in [2.75, 3.05) is 16.0 Å². The molecule has 1 saturated carbocycles. The normalized spacial score (nSPS) is 14.2. The second-order valence-corrected chi connectivity index (χ2v) is 8.95. The molecule has 10 heteroatoms. The van der Waals surface area contributed by atoms with Crippen LogP contribution in [0, 0.1) is 17.0 Å². The van der Waals surface area contributed by atoms with E-state index in [2.05, 4.69) is 20.9 Å². The number of pyridine rings is 1. The maximum Gasteiger partial charge on any atom is 0.240 e. The van der Waals surface area contributed by atoms with Crippen molar-refractivity contribution < 1.29 is 27.8 Å². The summed E-state index contributed by atoms with van der Waals surface area (Å²) in [6.45, 7) is 0. The molecule has 2 amide bonds. The van der Waals surface area contributed by atoms with Gasteiger partial charge in [0.1, 0.15) is 11.2 Å². The zero-order valence-electron chi connectivity index (χ0n) is 19.8. The van der Waals surface area contributed by atoms with E-state index in [9.17, 15) is 18.4 Å². The average Bonchev–Trinajstić information content (AvgIpc) is 3.73. The van der Waals surface area contributed by atoms with E-state index in [1.54, 1.807) is 12.1 Å². The molecule has 0 atom stereocenters. The summed E-state index contributed by atoms with van der Waals surface area (Å²) >= 11 is 0. The van der Waals surface area contributed by atoms with Crippen LogP contribution in [0.2, 0.25) is 0 Å². The van der Waals surface area contributed by atoms with Gasteiger partial charge in [-0.3, -0.25) is 9.59 Å². The van der Waals surface area contributed by atoms with Crippen molar-refractivity contribution in [2.24, 2.45) is 5.41 Å². The molecule has 1 aliphatic carbocycles. The molecule has 0 radical (unpaired) electrons. The van der Waals surface area contributed by atoms with Gasteiger partial charge in [0, 0.05) is 29.7 Å². The van der Waals surface area contributed by atoms with Crippen molar-refractivity contribution in [1.29, 1.82) is 0 Å². The van der Waals surface area contributed by atoms with E-state index < -0.39 is 28.9 Å². The van der Waals surface area contributed by atoms with Crippen LogP contribution >= 0.6 is 0 Å². The van der Waals surface area contributed by atoms with Crippen molar-refractivity contribution in [2.45, 2.75) is 12.8 Å². The number of carbonyl (C=O) groups excluding carboxylic acids is 2. The molecule has 2 aliphatic rings. The van der Waals surface area contributed by atoms with Gasteiger partial charge in [-0.2, -0.15) is 0 Å². The summed E-state index contributed by atoms with van der Waals surface area (Å²) in [7, 11) is 0. The van der Waals surface area contributed by atoms with Crippen LogP contribution in [-0.4, -0.2) is 16.8 Å². The highest BCUT2D eigenvalue weighted by Crippen LogP contribution is 2.48. The topological polar surface area (TPSA) is 102 Å². The maximum absolute atomic E-state index is 15.0. The fourth-order valence-corrected chi connectivity index (χ4v) is 4.09. The lowest BCUT2D eigenvalue weighted by molar-refractivity contribution is -0.131. The van der Waals surface area contributed by atoms with E-state index in [4.69, 9.17) is 9.47 Å². The molecule has 38 heavy (non-hydrogen) atoms. The number of aromatic nitrogens is 1. The van der Waals surface area contributed by atoms with Crippen LogP contribution in [0.5, 0.6) is 23.0 Å². The summed E-state index contributed by atoms with van der Waals surface area (Å²) in [5.74, 6) is -0.728. The smallest absolute Gasteiger partial charge is 0.240 e. The van der Waals surface area contributed by atoms with Gasteiger partial charge in [-0.25, -0.2) is 13.8 Å². The minimum absolute atomic E-state index is 0.0888. The van der Waals surface area contributed by atoms with Gasteiger partial charge in [-0.05, 0) is 61.4 Å². The standard InChI is InChI=1S/C28H20F2N4O4/c29-16-5-7-17(8-6-16)32-26(35)28(12-13-28)27(36)33-18-9-10-21(19(30)15-18)37-23-11-14-31-25-24(23)38-22-4-2-1-3-20(22)34-25/h1-11,14-15H,12-13H2,(H,31,34)(H,32,35)(H,33,36). The Hall–Kier alpha value is -4.99. The van der Waals surface area contributed by atoms with Gasteiger partial charge in [0.25, 0.3) is 0 Å². The van der Waals surface area contributed by atoms with Crippen LogP contribution in [0.4, 0.5) is 31.7 Å². The number of para-hydroxylation sites is 2.